The molecule has 0 radical (unpaired) electrons. The van der Waals surface area contributed by atoms with Gasteiger partial charge in [-0.1, -0.05) is 18.2 Å². The van der Waals surface area contributed by atoms with E-state index in [9.17, 15) is 0 Å². The van der Waals surface area contributed by atoms with Crippen LogP contribution in [0.3, 0.4) is 0 Å². The van der Waals surface area contributed by atoms with Gasteiger partial charge in [0, 0.05) is 11.5 Å². The van der Waals surface area contributed by atoms with Gasteiger partial charge in [0.05, 0.1) is 11.2 Å². The van der Waals surface area contributed by atoms with E-state index in [0.29, 0.717) is 5.82 Å². The summed E-state index contributed by atoms with van der Waals surface area (Å²) in [5.41, 5.74) is 7.50. The van der Waals surface area contributed by atoms with Crippen LogP contribution in [0.5, 0.6) is 0 Å². The zero-order chi connectivity index (χ0) is 11.0. The maximum absolute atomic E-state index is 5.76. The van der Waals surface area contributed by atoms with E-state index in [2.05, 4.69) is 15.1 Å². The molecule has 0 fully saturated rings. The van der Waals surface area contributed by atoms with E-state index < -0.39 is 0 Å². The van der Waals surface area contributed by atoms with E-state index in [4.69, 9.17) is 5.73 Å². The van der Waals surface area contributed by atoms with Gasteiger partial charge in [0.2, 0.25) is 0 Å². The molecule has 0 bridgehead atoms. The highest BCUT2D eigenvalue weighted by molar-refractivity contribution is 5.88. The van der Waals surface area contributed by atoms with E-state index in [1.807, 2.05) is 24.3 Å². The third-order valence-electron chi connectivity index (χ3n) is 2.38. The van der Waals surface area contributed by atoms with Crippen molar-refractivity contribution in [3.05, 3.63) is 43.0 Å². The first-order chi connectivity index (χ1) is 7.84. The Hall–Kier alpha value is -2.43. The molecule has 5 heteroatoms. The predicted molar refractivity (Wildman–Crippen MR) is 61.1 cm³/mol. The van der Waals surface area contributed by atoms with Gasteiger partial charge in [0.1, 0.15) is 18.5 Å². The average molecular weight is 211 g/mol. The Morgan fingerprint density at radius 3 is 2.88 bits per heavy atom. The monoisotopic (exact) mass is 211 g/mol. The number of benzene rings is 1. The smallest absolute Gasteiger partial charge is 0.138 e. The molecule has 0 aliphatic rings. The summed E-state index contributed by atoms with van der Waals surface area (Å²) in [5.74, 6) is 0.476. The molecule has 5 nitrogen and oxygen atoms in total. The third kappa shape index (κ3) is 1.30. The van der Waals surface area contributed by atoms with Crippen molar-refractivity contribution in [1.82, 2.24) is 19.7 Å². The van der Waals surface area contributed by atoms with E-state index in [0.717, 1.165) is 16.6 Å². The molecule has 0 unspecified atom stereocenters. The average Bonchev–Trinajstić information content (AvgIpc) is 2.81. The van der Waals surface area contributed by atoms with Crippen LogP contribution in [0.15, 0.2) is 43.0 Å². The summed E-state index contributed by atoms with van der Waals surface area (Å²) in [7, 11) is 0. The summed E-state index contributed by atoms with van der Waals surface area (Å²) in [6.07, 6.45) is 3.13. The van der Waals surface area contributed by atoms with Crippen LogP contribution in [-0.2, 0) is 0 Å². The van der Waals surface area contributed by atoms with E-state index in [1.54, 1.807) is 17.1 Å². The van der Waals surface area contributed by atoms with Crippen molar-refractivity contribution in [2.75, 3.05) is 5.73 Å². The van der Waals surface area contributed by atoms with Gasteiger partial charge in [-0.3, -0.25) is 0 Å². The molecular weight excluding hydrogens is 202 g/mol. The third-order valence-corrected chi connectivity index (χ3v) is 2.38. The normalized spacial score (nSPS) is 10.8. The zero-order valence-corrected chi connectivity index (χ0v) is 8.41. The molecule has 0 spiro atoms. The van der Waals surface area contributed by atoms with Crippen LogP contribution in [0.4, 0.5) is 5.82 Å². The SMILES string of the molecule is Nc1cc(-n2cncn2)c2ccccc2n1. The Morgan fingerprint density at radius 1 is 1.19 bits per heavy atom. The lowest BCUT2D eigenvalue weighted by molar-refractivity contribution is 0.885. The van der Waals surface area contributed by atoms with Gasteiger partial charge >= 0.3 is 0 Å². The number of aromatic nitrogens is 4. The topological polar surface area (TPSA) is 69.6 Å². The van der Waals surface area contributed by atoms with Gasteiger partial charge in [-0.2, -0.15) is 5.10 Å². The molecule has 16 heavy (non-hydrogen) atoms. The van der Waals surface area contributed by atoms with Crippen LogP contribution in [-0.4, -0.2) is 19.7 Å². The molecule has 0 aliphatic carbocycles. The van der Waals surface area contributed by atoms with Crippen LogP contribution in [0.2, 0.25) is 0 Å². The molecule has 1 aromatic carbocycles. The second kappa shape index (κ2) is 3.30. The quantitative estimate of drug-likeness (QED) is 0.660. The van der Waals surface area contributed by atoms with Crippen molar-refractivity contribution < 1.29 is 0 Å². The van der Waals surface area contributed by atoms with Gasteiger partial charge < -0.3 is 5.73 Å². The molecule has 2 N–H and O–H groups in total. The lowest BCUT2D eigenvalue weighted by Crippen LogP contribution is -1.99. The highest BCUT2D eigenvalue weighted by Crippen LogP contribution is 2.21. The van der Waals surface area contributed by atoms with Crippen LogP contribution >= 0.6 is 0 Å². The maximum Gasteiger partial charge on any atom is 0.138 e. The fraction of sp³-hybridized carbons (Fsp3) is 0. The minimum atomic E-state index is 0.476. The van der Waals surface area contributed by atoms with Gasteiger partial charge in [0.25, 0.3) is 0 Å². The largest absolute Gasteiger partial charge is 0.384 e. The lowest BCUT2D eigenvalue weighted by Gasteiger charge is -2.06. The molecule has 0 saturated heterocycles. The van der Waals surface area contributed by atoms with E-state index in [1.165, 1.54) is 6.33 Å². The number of nitrogens with two attached hydrogens (primary N) is 1. The van der Waals surface area contributed by atoms with Crippen molar-refractivity contribution in [1.29, 1.82) is 0 Å². The number of hydrogen-bond donors (Lipinski definition) is 1. The number of rotatable bonds is 1. The number of anilines is 1. The molecule has 0 amide bonds. The molecule has 2 aromatic heterocycles. The number of pyridine rings is 1. The zero-order valence-electron chi connectivity index (χ0n) is 8.41. The standard InChI is InChI=1S/C11H9N5/c12-11-5-10(16-7-13-6-14-16)8-3-1-2-4-9(8)15-11/h1-7H,(H2,12,15). The Kier molecular flexibility index (Phi) is 1.83. The Bertz CT molecular complexity index is 630. The molecule has 2 heterocycles. The fourth-order valence-electron chi connectivity index (χ4n) is 1.70. The maximum atomic E-state index is 5.76. The summed E-state index contributed by atoms with van der Waals surface area (Å²) >= 11 is 0. The fourth-order valence-corrected chi connectivity index (χ4v) is 1.70. The number of para-hydroxylation sites is 1. The summed E-state index contributed by atoms with van der Waals surface area (Å²) in [5, 5.41) is 5.10. The first kappa shape index (κ1) is 8.84. The van der Waals surface area contributed by atoms with Crippen molar-refractivity contribution >= 4 is 16.7 Å². The predicted octanol–water partition coefficient (Wildman–Crippen LogP) is 1.40. The van der Waals surface area contributed by atoms with Gasteiger partial charge in [-0.05, 0) is 6.07 Å². The van der Waals surface area contributed by atoms with Crippen molar-refractivity contribution in [3.8, 4) is 5.69 Å². The highest BCUT2D eigenvalue weighted by Gasteiger charge is 2.05. The van der Waals surface area contributed by atoms with E-state index in [-0.39, 0.29) is 0 Å². The van der Waals surface area contributed by atoms with Crippen LogP contribution in [0, 0.1) is 0 Å². The van der Waals surface area contributed by atoms with Crippen LogP contribution in [0.1, 0.15) is 0 Å². The summed E-state index contributed by atoms with van der Waals surface area (Å²) in [6, 6.07) is 9.59. The molecule has 0 atom stereocenters. The first-order valence-electron chi connectivity index (χ1n) is 4.85. The highest BCUT2D eigenvalue weighted by atomic mass is 15.3. The number of nitrogens with zero attached hydrogens (tertiary/aromatic N) is 4. The number of nitrogen functional groups attached to an aromatic ring is 1. The molecule has 3 aromatic rings. The van der Waals surface area contributed by atoms with Crippen molar-refractivity contribution in [3.63, 3.8) is 0 Å². The first-order valence-corrected chi connectivity index (χ1v) is 4.85. The van der Waals surface area contributed by atoms with Gasteiger partial charge in [0.15, 0.2) is 0 Å². The minimum Gasteiger partial charge on any atom is -0.384 e. The van der Waals surface area contributed by atoms with Gasteiger partial charge in [-0.15, -0.1) is 0 Å². The Morgan fingerprint density at radius 2 is 2.06 bits per heavy atom. The van der Waals surface area contributed by atoms with Crippen LogP contribution < -0.4 is 5.73 Å². The number of hydrogen-bond acceptors (Lipinski definition) is 4. The second-order valence-corrected chi connectivity index (χ2v) is 3.42. The summed E-state index contributed by atoms with van der Waals surface area (Å²) < 4.78 is 1.68. The molecule has 0 saturated carbocycles. The molecular formula is C11H9N5. The summed E-state index contributed by atoms with van der Waals surface area (Å²) in [4.78, 5) is 8.19. The minimum absolute atomic E-state index is 0.476. The van der Waals surface area contributed by atoms with Crippen LogP contribution in [0.25, 0.3) is 16.6 Å². The second-order valence-electron chi connectivity index (χ2n) is 3.42. The van der Waals surface area contributed by atoms with Gasteiger partial charge in [-0.25, -0.2) is 14.6 Å². The lowest BCUT2D eigenvalue weighted by atomic mass is 10.2. The molecule has 78 valence electrons. The van der Waals surface area contributed by atoms with Crippen molar-refractivity contribution in [2.24, 2.45) is 0 Å². The summed E-state index contributed by atoms with van der Waals surface area (Å²) in [6.45, 7) is 0. The Balaban J connectivity index is 2.39. The number of fused-ring (bicyclic) bond motifs is 1. The Labute approximate surface area is 91.6 Å². The molecule has 3 rings (SSSR count). The molecule has 0 aliphatic heterocycles. The van der Waals surface area contributed by atoms with Crippen molar-refractivity contribution in [2.45, 2.75) is 0 Å². The van der Waals surface area contributed by atoms with E-state index >= 15 is 0 Å².